The lowest BCUT2D eigenvalue weighted by atomic mass is 9.93. The van der Waals surface area contributed by atoms with Gasteiger partial charge in [-0.15, -0.1) is 0 Å². The van der Waals surface area contributed by atoms with Gasteiger partial charge in [0, 0.05) is 12.6 Å². The van der Waals surface area contributed by atoms with Gasteiger partial charge in [0.1, 0.15) is 5.54 Å². The fourth-order valence-electron chi connectivity index (χ4n) is 3.27. The van der Waals surface area contributed by atoms with Gasteiger partial charge < -0.3 is 15.3 Å². The van der Waals surface area contributed by atoms with Crippen molar-refractivity contribution in [2.75, 3.05) is 6.54 Å². The van der Waals surface area contributed by atoms with Crippen molar-refractivity contribution in [1.29, 1.82) is 0 Å². The monoisotopic (exact) mass is 268 g/mol. The largest absolute Gasteiger partial charge is 0.479 e. The van der Waals surface area contributed by atoms with Gasteiger partial charge in [0.15, 0.2) is 0 Å². The molecular weight excluding hydrogens is 244 g/mol. The summed E-state index contributed by atoms with van der Waals surface area (Å²) in [4.78, 5) is 25.3. The van der Waals surface area contributed by atoms with Crippen molar-refractivity contribution in [3.8, 4) is 0 Å². The van der Waals surface area contributed by atoms with E-state index in [1.807, 2.05) is 6.92 Å². The van der Waals surface area contributed by atoms with Crippen LogP contribution in [-0.2, 0) is 4.79 Å². The first kappa shape index (κ1) is 14.2. The SMILES string of the molecule is CCCC1CC1NC(=O)N1CCCC1(CC)C(=O)O. The van der Waals surface area contributed by atoms with Crippen LogP contribution in [0, 0.1) is 5.92 Å². The second-order valence-corrected chi connectivity index (χ2v) is 5.79. The van der Waals surface area contributed by atoms with Crippen molar-refractivity contribution >= 4 is 12.0 Å². The molecule has 0 bridgehead atoms. The highest BCUT2D eigenvalue weighted by Gasteiger charge is 2.50. The molecule has 1 saturated heterocycles. The molecule has 5 heteroatoms. The Bertz CT molecular complexity index is 372. The van der Waals surface area contributed by atoms with Gasteiger partial charge in [0.25, 0.3) is 0 Å². The predicted molar refractivity (Wildman–Crippen MR) is 71.9 cm³/mol. The average Bonchev–Trinajstić information content (AvgIpc) is 2.95. The molecule has 0 spiro atoms. The Morgan fingerprint density at radius 2 is 2.16 bits per heavy atom. The van der Waals surface area contributed by atoms with E-state index in [1.54, 1.807) is 0 Å². The molecular formula is C14H24N2O3. The van der Waals surface area contributed by atoms with Crippen LogP contribution in [0.4, 0.5) is 4.79 Å². The Kier molecular flexibility index (Phi) is 4.02. The number of urea groups is 1. The maximum absolute atomic E-state index is 12.3. The molecule has 2 N–H and O–H groups in total. The van der Waals surface area contributed by atoms with Gasteiger partial charge >= 0.3 is 12.0 Å². The van der Waals surface area contributed by atoms with Gasteiger partial charge in [-0.2, -0.15) is 0 Å². The number of carboxylic acid groups (broad SMARTS) is 1. The fourth-order valence-corrected chi connectivity index (χ4v) is 3.27. The minimum absolute atomic E-state index is 0.189. The fraction of sp³-hybridized carbons (Fsp3) is 0.857. The highest BCUT2D eigenvalue weighted by atomic mass is 16.4. The highest BCUT2D eigenvalue weighted by Crippen LogP contribution is 2.37. The number of carboxylic acids is 1. The van der Waals surface area contributed by atoms with Crippen LogP contribution in [-0.4, -0.2) is 40.1 Å². The molecule has 2 aliphatic rings. The van der Waals surface area contributed by atoms with Crippen LogP contribution in [0.1, 0.15) is 52.4 Å². The van der Waals surface area contributed by atoms with E-state index < -0.39 is 11.5 Å². The van der Waals surface area contributed by atoms with Gasteiger partial charge in [-0.25, -0.2) is 9.59 Å². The van der Waals surface area contributed by atoms with Crippen LogP contribution < -0.4 is 5.32 Å². The molecule has 1 heterocycles. The van der Waals surface area contributed by atoms with E-state index in [2.05, 4.69) is 12.2 Å². The molecule has 2 fully saturated rings. The van der Waals surface area contributed by atoms with Gasteiger partial charge in [0.2, 0.25) is 0 Å². The van der Waals surface area contributed by atoms with Crippen LogP contribution >= 0.6 is 0 Å². The zero-order chi connectivity index (χ0) is 14.0. The first-order chi connectivity index (χ1) is 9.05. The molecule has 2 amide bonds. The lowest BCUT2D eigenvalue weighted by molar-refractivity contribution is -0.148. The van der Waals surface area contributed by atoms with Crippen LogP contribution in [0.2, 0.25) is 0 Å². The summed E-state index contributed by atoms with van der Waals surface area (Å²) in [7, 11) is 0. The molecule has 19 heavy (non-hydrogen) atoms. The van der Waals surface area contributed by atoms with Gasteiger partial charge in [-0.3, -0.25) is 0 Å². The molecule has 3 unspecified atom stereocenters. The molecule has 1 saturated carbocycles. The van der Waals surface area contributed by atoms with Gasteiger partial charge in [-0.1, -0.05) is 20.3 Å². The number of likely N-dealkylation sites (tertiary alicyclic amines) is 1. The van der Waals surface area contributed by atoms with Gasteiger partial charge in [0.05, 0.1) is 0 Å². The van der Waals surface area contributed by atoms with E-state index in [0.717, 1.165) is 25.7 Å². The minimum Gasteiger partial charge on any atom is -0.479 e. The van der Waals surface area contributed by atoms with Crippen molar-refractivity contribution in [1.82, 2.24) is 10.2 Å². The second kappa shape index (κ2) is 5.39. The Hall–Kier alpha value is -1.26. The summed E-state index contributed by atoms with van der Waals surface area (Å²) in [6, 6.07) is 0.0711. The Morgan fingerprint density at radius 1 is 1.42 bits per heavy atom. The van der Waals surface area contributed by atoms with E-state index in [1.165, 1.54) is 4.90 Å². The van der Waals surface area contributed by atoms with Crippen molar-refractivity contribution in [2.24, 2.45) is 5.92 Å². The minimum atomic E-state index is -0.987. The van der Waals surface area contributed by atoms with Crippen LogP contribution in [0.25, 0.3) is 0 Å². The number of nitrogens with one attached hydrogen (secondary N) is 1. The Morgan fingerprint density at radius 3 is 2.74 bits per heavy atom. The summed E-state index contributed by atoms with van der Waals surface area (Å²) < 4.78 is 0. The zero-order valence-electron chi connectivity index (χ0n) is 11.8. The molecule has 5 nitrogen and oxygen atoms in total. The lowest BCUT2D eigenvalue weighted by Gasteiger charge is -2.33. The standard InChI is InChI=1S/C14H24N2O3/c1-3-6-10-9-11(10)15-13(19)16-8-5-7-14(16,4-2)12(17)18/h10-11H,3-9H2,1-2H3,(H,15,19)(H,17,18). The van der Waals surface area contributed by atoms with Crippen LogP contribution in [0.5, 0.6) is 0 Å². The Labute approximate surface area is 114 Å². The topological polar surface area (TPSA) is 69.6 Å². The van der Waals surface area contributed by atoms with E-state index in [0.29, 0.717) is 25.3 Å². The predicted octanol–water partition coefficient (Wildman–Crippen LogP) is 2.21. The lowest BCUT2D eigenvalue weighted by Crippen LogP contribution is -2.56. The third-order valence-electron chi connectivity index (χ3n) is 4.61. The number of rotatable bonds is 5. The molecule has 0 aromatic carbocycles. The van der Waals surface area contributed by atoms with Crippen molar-refractivity contribution in [3.05, 3.63) is 0 Å². The van der Waals surface area contributed by atoms with Crippen molar-refractivity contribution in [3.63, 3.8) is 0 Å². The second-order valence-electron chi connectivity index (χ2n) is 5.79. The van der Waals surface area contributed by atoms with E-state index in [9.17, 15) is 14.7 Å². The summed E-state index contributed by atoms with van der Waals surface area (Å²) in [6.07, 6.45) is 5.13. The molecule has 108 valence electrons. The number of carbonyl (C=O) groups is 2. The third kappa shape index (κ3) is 2.55. The van der Waals surface area contributed by atoms with Crippen molar-refractivity contribution in [2.45, 2.75) is 64.0 Å². The average molecular weight is 268 g/mol. The first-order valence-corrected chi connectivity index (χ1v) is 7.36. The summed E-state index contributed by atoms with van der Waals surface area (Å²) in [6.45, 7) is 4.54. The number of carbonyl (C=O) groups excluding carboxylic acids is 1. The summed E-state index contributed by atoms with van der Waals surface area (Å²) >= 11 is 0. The smallest absolute Gasteiger partial charge is 0.329 e. The maximum Gasteiger partial charge on any atom is 0.329 e. The Balaban J connectivity index is 1.97. The van der Waals surface area contributed by atoms with E-state index in [4.69, 9.17) is 0 Å². The molecule has 0 aromatic heterocycles. The molecule has 0 aromatic rings. The van der Waals surface area contributed by atoms with E-state index >= 15 is 0 Å². The molecule has 2 rings (SSSR count). The number of aliphatic carboxylic acids is 1. The third-order valence-corrected chi connectivity index (χ3v) is 4.61. The van der Waals surface area contributed by atoms with Crippen LogP contribution in [0.15, 0.2) is 0 Å². The number of amides is 2. The molecule has 1 aliphatic carbocycles. The summed E-state index contributed by atoms with van der Waals surface area (Å²) in [5.74, 6) is -0.277. The normalized spacial score (nSPS) is 33.3. The number of hydrogen-bond acceptors (Lipinski definition) is 2. The highest BCUT2D eigenvalue weighted by molar-refractivity contribution is 5.87. The first-order valence-electron chi connectivity index (χ1n) is 7.36. The van der Waals surface area contributed by atoms with Gasteiger partial charge in [-0.05, 0) is 38.0 Å². The molecule has 3 atom stereocenters. The summed E-state index contributed by atoms with van der Waals surface area (Å²) in [5.41, 5.74) is -0.987. The molecule has 0 radical (unpaired) electrons. The molecule has 1 aliphatic heterocycles. The number of hydrogen-bond donors (Lipinski definition) is 2. The summed E-state index contributed by atoms with van der Waals surface area (Å²) in [5, 5.41) is 12.4. The van der Waals surface area contributed by atoms with E-state index in [-0.39, 0.29) is 12.1 Å². The number of nitrogens with zero attached hydrogens (tertiary/aromatic N) is 1. The zero-order valence-corrected chi connectivity index (χ0v) is 11.8. The van der Waals surface area contributed by atoms with Crippen molar-refractivity contribution < 1.29 is 14.7 Å². The quantitative estimate of drug-likeness (QED) is 0.803. The van der Waals surface area contributed by atoms with Crippen LogP contribution in [0.3, 0.4) is 0 Å². The maximum atomic E-state index is 12.3.